The average molecular weight is 300 g/mol. The first kappa shape index (κ1) is 14.3. The molecule has 6 nitrogen and oxygen atoms in total. The molecule has 0 radical (unpaired) electrons. The Labute approximate surface area is 122 Å². The van der Waals surface area contributed by atoms with Crippen molar-refractivity contribution >= 4 is 11.8 Å². The van der Waals surface area contributed by atoms with Crippen LogP contribution in [0.5, 0.6) is 0 Å². The van der Waals surface area contributed by atoms with Crippen LogP contribution in [0.15, 0.2) is 4.52 Å². The van der Waals surface area contributed by atoms with E-state index < -0.39 is 11.7 Å². The minimum absolute atomic E-state index is 0.0558. The minimum Gasteiger partial charge on any atom is -0.391 e. The second-order valence-electron chi connectivity index (χ2n) is 5.21. The van der Waals surface area contributed by atoms with Gasteiger partial charge >= 0.3 is 0 Å². The quantitative estimate of drug-likeness (QED) is 0.898. The SMILES string of the molecule is CCOC1(c2noc(C3CSCC3O)n2)CCOCC1. The van der Waals surface area contributed by atoms with Crippen LogP contribution >= 0.6 is 11.8 Å². The number of hydrogen-bond donors (Lipinski definition) is 1. The molecule has 0 spiro atoms. The van der Waals surface area contributed by atoms with Gasteiger partial charge in [0, 0.05) is 44.2 Å². The van der Waals surface area contributed by atoms with E-state index in [0.29, 0.717) is 31.5 Å². The summed E-state index contributed by atoms with van der Waals surface area (Å²) in [6.07, 6.45) is 1.08. The van der Waals surface area contributed by atoms with E-state index >= 15 is 0 Å². The van der Waals surface area contributed by atoms with E-state index in [1.54, 1.807) is 11.8 Å². The van der Waals surface area contributed by atoms with Gasteiger partial charge in [-0.25, -0.2) is 0 Å². The number of aromatic nitrogens is 2. The lowest BCUT2D eigenvalue weighted by Gasteiger charge is -2.33. The molecule has 2 unspecified atom stereocenters. The smallest absolute Gasteiger partial charge is 0.233 e. The van der Waals surface area contributed by atoms with Crippen LogP contribution in [-0.2, 0) is 15.1 Å². The zero-order valence-electron chi connectivity index (χ0n) is 11.6. The Hall–Kier alpha value is -0.630. The van der Waals surface area contributed by atoms with E-state index in [1.807, 2.05) is 6.92 Å². The molecule has 112 valence electrons. The predicted molar refractivity (Wildman–Crippen MR) is 73.7 cm³/mol. The van der Waals surface area contributed by atoms with Crippen molar-refractivity contribution in [2.75, 3.05) is 31.3 Å². The summed E-state index contributed by atoms with van der Waals surface area (Å²) in [5.74, 6) is 2.63. The van der Waals surface area contributed by atoms with Gasteiger partial charge in [-0.2, -0.15) is 16.7 Å². The molecule has 2 aliphatic heterocycles. The molecule has 2 fully saturated rings. The molecule has 1 aromatic rings. The number of ether oxygens (including phenoxy) is 2. The Morgan fingerprint density at radius 2 is 2.20 bits per heavy atom. The van der Waals surface area contributed by atoms with E-state index in [-0.39, 0.29) is 5.92 Å². The maximum absolute atomic E-state index is 9.93. The fraction of sp³-hybridized carbons (Fsp3) is 0.846. The Bertz CT molecular complexity index is 442. The third-order valence-corrected chi connectivity index (χ3v) is 5.11. The van der Waals surface area contributed by atoms with Crippen LogP contribution in [-0.4, -0.2) is 52.7 Å². The molecular formula is C13H20N2O4S. The summed E-state index contributed by atoms with van der Waals surface area (Å²) in [7, 11) is 0. The van der Waals surface area contributed by atoms with Crippen LogP contribution in [0, 0.1) is 0 Å². The van der Waals surface area contributed by atoms with Crippen molar-refractivity contribution in [1.82, 2.24) is 10.1 Å². The molecule has 0 bridgehead atoms. The van der Waals surface area contributed by atoms with Gasteiger partial charge in [0.1, 0.15) is 5.60 Å². The van der Waals surface area contributed by atoms with Crippen LogP contribution < -0.4 is 0 Å². The van der Waals surface area contributed by atoms with E-state index in [0.717, 1.165) is 24.3 Å². The zero-order chi connectivity index (χ0) is 14.0. The first-order valence-electron chi connectivity index (χ1n) is 7.07. The van der Waals surface area contributed by atoms with Crippen LogP contribution in [0.1, 0.15) is 37.4 Å². The highest BCUT2D eigenvalue weighted by atomic mass is 32.2. The van der Waals surface area contributed by atoms with Crippen LogP contribution in [0.3, 0.4) is 0 Å². The Kier molecular flexibility index (Phi) is 4.30. The lowest BCUT2D eigenvalue weighted by atomic mass is 9.93. The monoisotopic (exact) mass is 300 g/mol. The van der Waals surface area contributed by atoms with E-state index in [1.165, 1.54) is 0 Å². The summed E-state index contributed by atoms with van der Waals surface area (Å²) in [6.45, 7) is 3.86. The highest BCUT2D eigenvalue weighted by molar-refractivity contribution is 7.99. The molecule has 1 N–H and O–H groups in total. The molecule has 0 aromatic carbocycles. The first-order chi connectivity index (χ1) is 9.75. The zero-order valence-corrected chi connectivity index (χ0v) is 12.4. The number of aliphatic hydroxyl groups is 1. The summed E-state index contributed by atoms with van der Waals surface area (Å²) < 4.78 is 16.7. The molecule has 2 atom stereocenters. The second-order valence-corrected chi connectivity index (χ2v) is 6.28. The third kappa shape index (κ3) is 2.59. The van der Waals surface area contributed by atoms with E-state index in [9.17, 15) is 5.11 Å². The molecular weight excluding hydrogens is 280 g/mol. The van der Waals surface area contributed by atoms with E-state index in [2.05, 4.69) is 10.1 Å². The van der Waals surface area contributed by atoms with Crippen molar-refractivity contribution in [3.63, 3.8) is 0 Å². The van der Waals surface area contributed by atoms with Crippen molar-refractivity contribution in [3.05, 3.63) is 11.7 Å². The molecule has 3 heterocycles. The van der Waals surface area contributed by atoms with Gasteiger partial charge in [0.25, 0.3) is 0 Å². The van der Waals surface area contributed by atoms with Crippen molar-refractivity contribution in [1.29, 1.82) is 0 Å². The van der Waals surface area contributed by atoms with Gasteiger partial charge < -0.3 is 19.1 Å². The van der Waals surface area contributed by atoms with Crippen molar-refractivity contribution in [2.45, 2.75) is 37.4 Å². The summed E-state index contributed by atoms with van der Waals surface area (Å²) >= 11 is 1.71. The van der Waals surface area contributed by atoms with E-state index in [4.69, 9.17) is 14.0 Å². The Morgan fingerprint density at radius 3 is 2.85 bits per heavy atom. The number of aliphatic hydroxyl groups excluding tert-OH is 1. The van der Waals surface area contributed by atoms with Crippen LogP contribution in [0.2, 0.25) is 0 Å². The van der Waals surface area contributed by atoms with Gasteiger partial charge in [-0.15, -0.1) is 0 Å². The van der Waals surface area contributed by atoms with Crippen molar-refractivity contribution in [3.8, 4) is 0 Å². The maximum Gasteiger partial charge on any atom is 0.233 e. The highest BCUT2D eigenvalue weighted by Crippen LogP contribution is 2.37. The molecule has 0 aliphatic carbocycles. The number of thioether (sulfide) groups is 1. The van der Waals surface area contributed by atoms with Gasteiger partial charge in [-0.1, -0.05) is 5.16 Å². The Balaban J connectivity index is 1.83. The topological polar surface area (TPSA) is 77.6 Å². The van der Waals surface area contributed by atoms with Gasteiger partial charge in [0.05, 0.1) is 12.0 Å². The van der Waals surface area contributed by atoms with Gasteiger partial charge in [-0.3, -0.25) is 0 Å². The number of hydrogen-bond acceptors (Lipinski definition) is 7. The molecule has 20 heavy (non-hydrogen) atoms. The standard InChI is InChI=1S/C13H20N2O4S/c1-2-18-13(3-5-17-6-4-13)12-14-11(19-15-12)9-7-20-8-10(9)16/h9-10,16H,2-8H2,1H3. The maximum atomic E-state index is 9.93. The van der Waals surface area contributed by atoms with Crippen molar-refractivity contribution < 1.29 is 19.1 Å². The Morgan fingerprint density at radius 1 is 1.40 bits per heavy atom. The summed E-state index contributed by atoms with van der Waals surface area (Å²) in [5.41, 5.74) is -0.495. The van der Waals surface area contributed by atoms with Crippen LogP contribution in [0.25, 0.3) is 0 Å². The largest absolute Gasteiger partial charge is 0.391 e. The molecule has 2 aliphatic rings. The predicted octanol–water partition coefficient (Wildman–Crippen LogP) is 1.30. The van der Waals surface area contributed by atoms with Gasteiger partial charge in [0.2, 0.25) is 11.7 Å². The van der Waals surface area contributed by atoms with Crippen LogP contribution in [0.4, 0.5) is 0 Å². The third-order valence-electron chi connectivity index (χ3n) is 3.94. The van der Waals surface area contributed by atoms with Gasteiger partial charge in [0.15, 0.2) is 0 Å². The lowest BCUT2D eigenvalue weighted by Crippen LogP contribution is -2.37. The van der Waals surface area contributed by atoms with Crippen molar-refractivity contribution in [2.24, 2.45) is 0 Å². The highest BCUT2D eigenvalue weighted by Gasteiger charge is 2.41. The molecule has 0 amide bonds. The number of rotatable bonds is 4. The second kappa shape index (κ2) is 6.01. The van der Waals surface area contributed by atoms with Gasteiger partial charge in [-0.05, 0) is 6.92 Å². The fourth-order valence-electron chi connectivity index (χ4n) is 2.76. The summed E-state index contributed by atoms with van der Waals surface area (Å²) in [5, 5.41) is 14.1. The normalized spacial score (nSPS) is 29.7. The minimum atomic E-state index is -0.495. The lowest BCUT2D eigenvalue weighted by molar-refractivity contribution is -0.118. The molecule has 3 rings (SSSR count). The number of nitrogens with zero attached hydrogens (tertiary/aromatic N) is 2. The summed E-state index contributed by atoms with van der Waals surface area (Å²) in [4.78, 5) is 4.53. The average Bonchev–Trinajstić information content (AvgIpc) is 3.08. The first-order valence-corrected chi connectivity index (χ1v) is 8.22. The molecule has 1 aromatic heterocycles. The molecule has 0 saturated carbocycles. The molecule has 2 saturated heterocycles. The fourth-order valence-corrected chi connectivity index (χ4v) is 3.99. The summed E-state index contributed by atoms with van der Waals surface area (Å²) in [6, 6.07) is 0. The molecule has 7 heteroatoms.